The second-order valence-electron chi connectivity index (χ2n) is 6.88. The van der Waals surface area contributed by atoms with Crippen LogP contribution in [0.4, 0.5) is 0 Å². The summed E-state index contributed by atoms with van der Waals surface area (Å²) in [7, 11) is 1.45. The fourth-order valence-electron chi connectivity index (χ4n) is 3.20. The number of carboxylic acid groups (broad SMARTS) is 1. The largest absolute Gasteiger partial charge is 0.494 e. The molecule has 7 heteroatoms. The van der Waals surface area contributed by atoms with Crippen LogP contribution in [-0.4, -0.2) is 61.1 Å². The maximum absolute atomic E-state index is 12.4. The number of carboxylic acids is 1. The first kappa shape index (κ1) is 20.9. The average Bonchev–Trinajstić information content (AvgIpc) is 3.10. The number of carbonyl (C=O) groups excluding carboxylic acids is 2. The molecule has 0 aliphatic carbocycles. The highest BCUT2D eigenvalue weighted by Crippen LogP contribution is 2.31. The minimum absolute atomic E-state index is 0.0651. The molecule has 148 valence electrons. The van der Waals surface area contributed by atoms with Crippen LogP contribution in [0.25, 0.3) is 0 Å². The van der Waals surface area contributed by atoms with Crippen molar-refractivity contribution in [3.63, 3.8) is 0 Å². The Balaban J connectivity index is 1.86. The molecular formula is C20H27NO6. The summed E-state index contributed by atoms with van der Waals surface area (Å²) < 4.78 is 10.5. The second kappa shape index (κ2) is 9.50. The molecule has 27 heavy (non-hydrogen) atoms. The van der Waals surface area contributed by atoms with E-state index >= 15 is 0 Å². The Kier molecular flexibility index (Phi) is 7.36. The van der Waals surface area contributed by atoms with Crippen molar-refractivity contribution in [2.45, 2.75) is 32.6 Å². The number of rotatable bonds is 10. The molecule has 1 aliphatic rings. The highest BCUT2D eigenvalue weighted by molar-refractivity contribution is 5.98. The van der Waals surface area contributed by atoms with E-state index in [0.717, 1.165) is 6.42 Å². The van der Waals surface area contributed by atoms with Crippen LogP contribution in [0.5, 0.6) is 5.75 Å². The van der Waals surface area contributed by atoms with Crippen molar-refractivity contribution in [3.05, 3.63) is 29.8 Å². The fourth-order valence-corrected chi connectivity index (χ4v) is 3.20. The highest BCUT2D eigenvalue weighted by atomic mass is 16.5. The third kappa shape index (κ3) is 5.29. The minimum Gasteiger partial charge on any atom is -0.494 e. The van der Waals surface area contributed by atoms with Crippen molar-refractivity contribution in [2.75, 3.05) is 33.4 Å². The van der Waals surface area contributed by atoms with Gasteiger partial charge in [-0.1, -0.05) is 6.92 Å². The van der Waals surface area contributed by atoms with Gasteiger partial charge >= 0.3 is 5.97 Å². The van der Waals surface area contributed by atoms with E-state index in [1.54, 1.807) is 24.3 Å². The van der Waals surface area contributed by atoms with Gasteiger partial charge in [0.1, 0.15) is 11.2 Å². The van der Waals surface area contributed by atoms with Gasteiger partial charge in [-0.15, -0.1) is 0 Å². The molecular weight excluding hydrogens is 350 g/mol. The summed E-state index contributed by atoms with van der Waals surface area (Å²) in [6.45, 7) is 3.19. The lowest BCUT2D eigenvalue weighted by atomic mass is 9.88. The van der Waals surface area contributed by atoms with Gasteiger partial charge in [0.25, 0.3) is 0 Å². The molecule has 1 atom stereocenters. The molecule has 7 nitrogen and oxygen atoms in total. The van der Waals surface area contributed by atoms with Gasteiger partial charge in [0.05, 0.1) is 13.2 Å². The molecule has 1 fully saturated rings. The van der Waals surface area contributed by atoms with Crippen LogP contribution in [0.3, 0.4) is 0 Å². The predicted octanol–water partition coefficient (Wildman–Crippen LogP) is 2.39. The molecule has 0 aromatic heterocycles. The number of likely N-dealkylation sites (tertiary alicyclic amines) is 1. The number of aliphatic carboxylic acids is 1. The minimum atomic E-state index is -1.05. The molecule has 1 aromatic rings. The number of hydrogen-bond donors (Lipinski definition) is 1. The molecule has 1 saturated heterocycles. The van der Waals surface area contributed by atoms with E-state index in [2.05, 4.69) is 0 Å². The van der Waals surface area contributed by atoms with Crippen molar-refractivity contribution in [3.8, 4) is 5.75 Å². The topological polar surface area (TPSA) is 93.1 Å². The van der Waals surface area contributed by atoms with Gasteiger partial charge in [-0.3, -0.25) is 14.4 Å². The van der Waals surface area contributed by atoms with E-state index < -0.39 is 11.4 Å². The van der Waals surface area contributed by atoms with Crippen molar-refractivity contribution in [1.82, 2.24) is 4.90 Å². The van der Waals surface area contributed by atoms with Crippen molar-refractivity contribution in [1.29, 1.82) is 0 Å². The van der Waals surface area contributed by atoms with Crippen molar-refractivity contribution < 1.29 is 29.0 Å². The van der Waals surface area contributed by atoms with Crippen LogP contribution < -0.4 is 4.74 Å². The molecule has 1 amide bonds. The van der Waals surface area contributed by atoms with Crippen LogP contribution in [0, 0.1) is 5.41 Å². The molecule has 0 bridgehead atoms. The Morgan fingerprint density at radius 1 is 1.19 bits per heavy atom. The number of hydrogen-bond acceptors (Lipinski definition) is 5. The number of amides is 1. The van der Waals surface area contributed by atoms with Crippen LogP contribution >= 0.6 is 0 Å². The van der Waals surface area contributed by atoms with Gasteiger partial charge in [0, 0.05) is 38.6 Å². The van der Waals surface area contributed by atoms with Gasteiger partial charge < -0.3 is 19.5 Å². The van der Waals surface area contributed by atoms with Gasteiger partial charge in [0.15, 0.2) is 5.78 Å². The van der Waals surface area contributed by atoms with E-state index in [1.165, 1.54) is 12.0 Å². The normalized spacial score (nSPS) is 19.1. The Morgan fingerprint density at radius 2 is 1.89 bits per heavy atom. The fraction of sp³-hybridized carbons (Fsp3) is 0.550. The number of nitrogens with zero attached hydrogens (tertiary/aromatic N) is 1. The van der Waals surface area contributed by atoms with E-state index in [9.17, 15) is 19.5 Å². The number of methoxy groups -OCH3 is 1. The average molecular weight is 377 g/mol. The molecule has 0 spiro atoms. The van der Waals surface area contributed by atoms with Gasteiger partial charge in [-0.2, -0.15) is 0 Å². The zero-order valence-electron chi connectivity index (χ0n) is 15.9. The van der Waals surface area contributed by atoms with Crippen LogP contribution in [0.1, 0.15) is 43.0 Å². The third-order valence-corrected chi connectivity index (χ3v) is 4.80. The van der Waals surface area contributed by atoms with Crippen LogP contribution in [0.15, 0.2) is 24.3 Å². The molecule has 1 heterocycles. The predicted molar refractivity (Wildman–Crippen MR) is 98.9 cm³/mol. The zero-order valence-corrected chi connectivity index (χ0v) is 15.9. The van der Waals surface area contributed by atoms with E-state index in [-0.39, 0.29) is 37.7 Å². The maximum atomic E-state index is 12.4. The second-order valence-corrected chi connectivity index (χ2v) is 6.88. The lowest BCUT2D eigenvalue weighted by Crippen LogP contribution is -2.40. The third-order valence-electron chi connectivity index (χ3n) is 4.80. The molecule has 0 saturated carbocycles. The smallest absolute Gasteiger partial charge is 0.313 e. The standard InChI is InChI=1S/C20H27NO6/c1-3-12-27-16-6-4-15(5-7-16)17(22)8-9-18(23)21-11-10-20(13-21,14-26-2)19(24)25/h4-7H,3,8-14H2,1-2H3,(H,24,25). The number of Topliss-reactive ketones (excluding diaryl/α,β-unsaturated/α-hetero) is 1. The zero-order chi connectivity index (χ0) is 19.9. The Bertz CT molecular complexity index is 672. The van der Waals surface area contributed by atoms with Crippen molar-refractivity contribution in [2.24, 2.45) is 5.41 Å². The first-order valence-corrected chi connectivity index (χ1v) is 9.18. The summed E-state index contributed by atoms with van der Waals surface area (Å²) in [6.07, 6.45) is 1.42. The summed E-state index contributed by atoms with van der Waals surface area (Å²) in [5.74, 6) is -0.567. The highest BCUT2D eigenvalue weighted by Gasteiger charge is 2.46. The lowest BCUT2D eigenvalue weighted by molar-refractivity contribution is -0.151. The number of ether oxygens (including phenoxy) is 2. The van der Waals surface area contributed by atoms with Crippen LogP contribution in [-0.2, 0) is 14.3 Å². The van der Waals surface area contributed by atoms with Crippen LogP contribution in [0.2, 0.25) is 0 Å². The SMILES string of the molecule is CCCOc1ccc(C(=O)CCC(=O)N2CCC(COC)(C(=O)O)C2)cc1. The molecule has 1 aliphatic heterocycles. The van der Waals surface area contributed by atoms with Gasteiger partial charge in [-0.25, -0.2) is 0 Å². The Morgan fingerprint density at radius 3 is 2.48 bits per heavy atom. The molecule has 2 rings (SSSR count). The first-order chi connectivity index (χ1) is 12.9. The summed E-state index contributed by atoms with van der Waals surface area (Å²) in [5.41, 5.74) is -0.518. The summed E-state index contributed by atoms with van der Waals surface area (Å²) in [4.78, 5) is 37.7. The number of benzene rings is 1. The summed E-state index contributed by atoms with van der Waals surface area (Å²) in [5, 5.41) is 9.46. The quantitative estimate of drug-likeness (QED) is 0.629. The monoisotopic (exact) mass is 377 g/mol. The Hall–Kier alpha value is -2.41. The molecule has 0 radical (unpaired) electrons. The number of carbonyl (C=O) groups is 3. The Labute approximate surface area is 159 Å². The maximum Gasteiger partial charge on any atom is 0.313 e. The van der Waals surface area contributed by atoms with E-state index in [4.69, 9.17) is 9.47 Å². The summed E-state index contributed by atoms with van der Waals surface area (Å²) in [6, 6.07) is 6.89. The van der Waals surface area contributed by atoms with Gasteiger partial charge in [0.2, 0.25) is 5.91 Å². The van der Waals surface area contributed by atoms with E-state index in [1.807, 2.05) is 6.92 Å². The number of ketones is 1. The first-order valence-electron chi connectivity index (χ1n) is 9.18. The lowest BCUT2D eigenvalue weighted by Gasteiger charge is -2.23. The summed E-state index contributed by atoms with van der Waals surface area (Å²) >= 11 is 0. The molecule has 1 aromatic carbocycles. The van der Waals surface area contributed by atoms with Crippen molar-refractivity contribution >= 4 is 17.7 Å². The molecule has 1 N–H and O–H groups in total. The molecule has 1 unspecified atom stereocenters. The van der Waals surface area contributed by atoms with E-state index in [0.29, 0.717) is 30.9 Å². The van der Waals surface area contributed by atoms with Gasteiger partial charge in [-0.05, 0) is 37.1 Å².